The summed E-state index contributed by atoms with van der Waals surface area (Å²) in [5, 5.41) is 12.5. The number of aliphatic hydroxyl groups is 1. The van der Waals surface area contributed by atoms with Crippen molar-refractivity contribution in [1.82, 2.24) is 10.2 Å². The molecule has 106 valence electrons. The van der Waals surface area contributed by atoms with Gasteiger partial charge in [-0.05, 0) is 47.1 Å². The van der Waals surface area contributed by atoms with E-state index in [0.717, 1.165) is 25.8 Å². The van der Waals surface area contributed by atoms with Gasteiger partial charge in [0.1, 0.15) is 0 Å². The second kappa shape index (κ2) is 6.53. The summed E-state index contributed by atoms with van der Waals surface area (Å²) in [5.41, 5.74) is -0.202. The topological polar surface area (TPSA) is 52.6 Å². The molecule has 18 heavy (non-hydrogen) atoms. The van der Waals surface area contributed by atoms with Crippen molar-refractivity contribution in [1.29, 1.82) is 0 Å². The molecule has 0 spiro atoms. The monoisotopic (exact) mass is 256 g/mol. The quantitative estimate of drug-likeness (QED) is 0.805. The largest absolute Gasteiger partial charge is 0.395 e. The Kier molecular flexibility index (Phi) is 5.60. The van der Waals surface area contributed by atoms with Gasteiger partial charge in [0.25, 0.3) is 0 Å². The molecule has 1 rings (SSSR count). The summed E-state index contributed by atoms with van der Waals surface area (Å²) in [6, 6.07) is -0.0345. The van der Waals surface area contributed by atoms with Crippen LogP contribution < -0.4 is 5.32 Å². The number of aliphatic hydroxyl groups excluding tert-OH is 1. The molecular weight excluding hydrogens is 228 g/mol. The van der Waals surface area contributed by atoms with E-state index in [1.165, 1.54) is 6.42 Å². The highest BCUT2D eigenvalue weighted by molar-refractivity contribution is 5.82. The normalized spacial score (nSPS) is 24.4. The summed E-state index contributed by atoms with van der Waals surface area (Å²) < 4.78 is 0. The van der Waals surface area contributed by atoms with Crippen LogP contribution in [0.4, 0.5) is 0 Å². The van der Waals surface area contributed by atoms with E-state index in [9.17, 15) is 9.90 Å². The lowest BCUT2D eigenvalue weighted by Crippen LogP contribution is -2.54. The lowest BCUT2D eigenvalue weighted by atomic mass is 10.1. The molecule has 1 aliphatic heterocycles. The Bertz CT molecular complexity index is 273. The minimum Gasteiger partial charge on any atom is -0.395 e. The molecular formula is C14H28N2O2. The van der Waals surface area contributed by atoms with Gasteiger partial charge in [-0.2, -0.15) is 0 Å². The van der Waals surface area contributed by atoms with E-state index < -0.39 is 0 Å². The van der Waals surface area contributed by atoms with Gasteiger partial charge in [-0.3, -0.25) is 9.69 Å². The van der Waals surface area contributed by atoms with Gasteiger partial charge in [0.2, 0.25) is 5.91 Å². The summed E-state index contributed by atoms with van der Waals surface area (Å²) in [4.78, 5) is 14.4. The van der Waals surface area contributed by atoms with E-state index in [4.69, 9.17) is 0 Å². The molecule has 2 unspecified atom stereocenters. The number of nitrogens with zero attached hydrogens (tertiary/aromatic N) is 1. The van der Waals surface area contributed by atoms with Gasteiger partial charge in [-0.1, -0.05) is 12.8 Å². The summed E-state index contributed by atoms with van der Waals surface area (Å²) in [6.07, 6.45) is 4.45. The van der Waals surface area contributed by atoms with Gasteiger partial charge >= 0.3 is 0 Å². The lowest BCUT2D eigenvalue weighted by Gasteiger charge is -2.35. The molecule has 0 aliphatic carbocycles. The maximum Gasteiger partial charge on any atom is 0.237 e. The van der Waals surface area contributed by atoms with Gasteiger partial charge in [-0.25, -0.2) is 0 Å². The summed E-state index contributed by atoms with van der Waals surface area (Å²) in [5.74, 6) is 0.0582. The lowest BCUT2D eigenvalue weighted by molar-refractivity contribution is -0.128. The van der Waals surface area contributed by atoms with Crippen molar-refractivity contribution in [3.05, 3.63) is 0 Å². The first-order chi connectivity index (χ1) is 8.35. The second-order valence-corrected chi connectivity index (χ2v) is 6.34. The summed E-state index contributed by atoms with van der Waals surface area (Å²) in [7, 11) is 0. The predicted molar refractivity (Wildman–Crippen MR) is 73.4 cm³/mol. The van der Waals surface area contributed by atoms with E-state index in [-0.39, 0.29) is 30.1 Å². The van der Waals surface area contributed by atoms with Crippen LogP contribution in [-0.2, 0) is 4.79 Å². The Hall–Kier alpha value is -0.610. The van der Waals surface area contributed by atoms with E-state index in [1.807, 2.05) is 27.7 Å². The number of rotatable bonds is 3. The van der Waals surface area contributed by atoms with Crippen molar-refractivity contribution >= 4 is 5.91 Å². The van der Waals surface area contributed by atoms with Gasteiger partial charge < -0.3 is 10.4 Å². The first-order valence-electron chi connectivity index (χ1n) is 7.04. The van der Waals surface area contributed by atoms with Crippen LogP contribution >= 0.6 is 0 Å². The van der Waals surface area contributed by atoms with E-state index >= 15 is 0 Å². The van der Waals surface area contributed by atoms with Crippen LogP contribution in [0.15, 0.2) is 0 Å². The van der Waals surface area contributed by atoms with Crippen LogP contribution in [0.25, 0.3) is 0 Å². The summed E-state index contributed by atoms with van der Waals surface area (Å²) >= 11 is 0. The third-order valence-electron chi connectivity index (χ3n) is 3.51. The zero-order valence-electron chi connectivity index (χ0n) is 12.2. The highest BCUT2D eigenvalue weighted by atomic mass is 16.3. The molecule has 1 fully saturated rings. The molecule has 1 aliphatic rings. The van der Waals surface area contributed by atoms with Crippen molar-refractivity contribution in [3.8, 4) is 0 Å². The van der Waals surface area contributed by atoms with Crippen molar-refractivity contribution in [3.63, 3.8) is 0 Å². The van der Waals surface area contributed by atoms with Crippen molar-refractivity contribution in [2.75, 3.05) is 13.2 Å². The molecule has 1 saturated heterocycles. The molecule has 0 aromatic rings. The highest BCUT2D eigenvalue weighted by Crippen LogP contribution is 2.19. The van der Waals surface area contributed by atoms with Gasteiger partial charge in [0.05, 0.1) is 12.6 Å². The molecule has 0 bridgehead atoms. The Labute approximate surface area is 111 Å². The van der Waals surface area contributed by atoms with Crippen molar-refractivity contribution in [2.45, 2.75) is 71.0 Å². The Balaban J connectivity index is 2.67. The number of nitrogens with one attached hydrogen (secondary N) is 1. The van der Waals surface area contributed by atoms with Crippen LogP contribution in [0.2, 0.25) is 0 Å². The molecule has 2 atom stereocenters. The second-order valence-electron chi connectivity index (χ2n) is 6.34. The Morgan fingerprint density at radius 2 is 2.06 bits per heavy atom. The molecule has 0 aromatic heterocycles. The predicted octanol–water partition coefficient (Wildman–Crippen LogP) is 1.53. The summed E-state index contributed by atoms with van der Waals surface area (Å²) in [6.45, 7) is 8.96. The van der Waals surface area contributed by atoms with E-state index in [2.05, 4.69) is 10.2 Å². The molecule has 4 heteroatoms. The van der Waals surface area contributed by atoms with Gasteiger partial charge in [0, 0.05) is 11.6 Å². The van der Waals surface area contributed by atoms with Gasteiger partial charge in [0.15, 0.2) is 0 Å². The van der Waals surface area contributed by atoms with Crippen LogP contribution in [0.1, 0.15) is 53.4 Å². The molecule has 4 nitrogen and oxygen atoms in total. The number of hydrogen-bond acceptors (Lipinski definition) is 3. The SMILES string of the molecule is CC(C(=O)NC(C)(C)C)N1CCCCCC1CO. The first-order valence-corrected chi connectivity index (χ1v) is 7.04. The number of likely N-dealkylation sites (tertiary alicyclic amines) is 1. The Morgan fingerprint density at radius 1 is 1.39 bits per heavy atom. The molecule has 0 aromatic carbocycles. The Morgan fingerprint density at radius 3 is 2.61 bits per heavy atom. The van der Waals surface area contributed by atoms with Crippen LogP contribution in [0.5, 0.6) is 0 Å². The maximum absolute atomic E-state index is 12.2. The van der Waals surface area contributed by atoms with Crippen LogP contribution in [0.3, 0.4) is 0 Å². The van der Waals surface area contributed by atoms with Crippen LogP contribution in [-0.4, -0.2) is 46.7 Å². The number of amides is 1. The zero-order chi connectivity index (χ0) is 13.8. The molecule has 1 heterocycles. The van der Waals surface area contributed by atoms with Crippen molar-refractivity contribution in [2.24, 2.45) is 0 Å². The number of carbonyl (C=O) groups excluding carboxylic acids is 1. The standard InChI is InChI=1S/C14H28N2O2/c1-11(13(18)15-14(2,3)4)16-9-7-5-6-8-12(16)10-17/h11-12,17H,5-10H2,1-4H3,(H,15,18). The smallest absolute Gasteiger partial charge is 0.237 e. The highest BCUT2D eigenvalue weighted by Gasteiger charge is 2.30. The third-order valence-corrected chi connectivity index (χ3v) is 3.51. The third kappa shape index (κ3) is 4.58. The number of carbonyl (C=O) groups is 1. The minimum absolute atomic E-state index is 0.0582. The molecule has 1 amide bonds. The number of hydrogen-bond donors (Lipinski definition) is 2. The molecule has 0 radical (unpaired) electrons. The average Bonchev–Trinajstić information content (AvgIpc) is 2.50. The van der Waals surface area contributed by atoms with Crippen molar-refractivity contribution < 1.29 is 9.90 Å². The fraction of sp³-hybridized carbons (Fsp3) is 0.929. The first kappa shape index (κ1) is 15.4. The van der Waals surface area contributed by atoms with Gasteiger partial charge in [-0.15, -0.1) is 0 Å². The van der Waals surface area contributed by atoms with Crippen LogP contribution in [0, 0.1) is 0 Å². The molecule has 0 saturated carbocycles. The van der Waals surface area contributed by atoms with E-state index in [1.54, 1.807) is 0 Å². The zero-order valence-corrected chi connectivity index (χ0v) is 12.2. The average molecular weight is 256 g/mol. The van der Waals surface area contributed by atoms with E-state index in [0.29, 0.717) is 0 Å². The fourth-order valence-corrected chi connectivity index (χ4v) is 2.53. The maximum atomic E-state index is 12.2. The minimum atomic E-state index is -0.202. The molecule has 2 N–H and O–H groups in total. The fourth-order valence-electron chi connectivity index (χ4n) is 2.53.